The van der Waals surface area contributed by atoms with Gasteiger partial charge in [-0.05, 0) is 36.8 Å². The SMILES string of the molecule is CCC1(CNc2ccc3n[nH]c(=O)n3n2)CCC1. The highest BCUT2D eigenvalue weighted by molar-refractivity contribution is 5.43. The molecule has 0 bridgehead atoms. The molecular formula is C12H17N5O. The molecule has 0 radical (unpaired) electrons. The predicted octanol–water partition coefficient (Wildman–Crippen LogP) is 1.41. The van der Waals surface area contributed by atoms with Gasteiger partial charge in [0.2, 0.25) is 0 Å². The van der Waals surface area contributed by atoms with E-state index in [0.717, 1.165) is 12.4 Å². The van der Waals surface area contributed by atoms with Crippen LogP contribution in [-0.2, 0) is 0 Å². The third-order valence-electron chi connectivity index (χ3n) is 4.08. The Bertz CT molecular complexity index is 605. The van der Waals surface area contributed by atoms with E-state index in [1.54, 1.807) is 6.07 Å². The first kappa shape index (κ1) is 11.3. The van der Waals surface area contributed by atoms with Crippen LogP contribution in [0.3, 0.4) is 0 Å². The fourth-order valence-electron chi connectivity index (χ4n) is 2.51. The van der Waals surface area contributed by atoms with Crippen LogP contribution in [0.5, 0.6) is 0 Å². The zero-order chi connectivity index (χ0) is 12.6. The van der Waals surface area contributed by atoms with Crippen molar-refractivity contribution < 1.29 is 0 Å². The standard InChI is InChI=1S/C12H17N5O/c1-2-12(6-3-7-12)8-13-9-4-5-10-14-15-11(18)17(10)16-9/h4-5H,2-3,6-8H2,1H3,(H,13,16)(H,15,18). The van der Waals surface area contributed by atoms with Gasteiger partial charge in [0.1, 0.15) is 5.82 Å². The number of hydrogen-bond donors (Lipinski definition) is 2. The Morgan fingerprint density at radius 1 is 1.50 bits per heavy atom. The summed E-state index contributed by atoms with van der Waals surface area (Å²) >= 11 is 0. The molecule has 2 aromatic rings. The quantitative estimate of drug-likeness (QED) is 0.856. The second-order valence-corrected chi connectivity index (χ2v) is 5.08. The summed E-state index contributed by atoms with van der Waals surface area (Å²) in [6.07, 6.45) is 5.08. The van der Waals surface area contributed by atoms with Gasteiger partial charge >= 0.3 is 5.69 Å². The molecule has 0 unspecified atom stereocenters. The van der Waals surface area contributed by atoms with Gasteiger partial charge in [-0.2, -0.15) is 9.61 Å². The predicted molar refractivity (Wildman–Crippen MR) is 68.7 cm³/mol. The van der Waals surface area contributed by atoms with E-state index in [0.29, 0.717) is 11.1 Å². The highest BCUT2D eigenvalue weighted by Gasteiger charge is 2.34. The smallest absolute Gasteiger partial charge is 0.364 e. The van der Waals surface area contributed by atoms with Crippen molar-refractivity contribution in [3.05, 3.63) is 22.6 Å². The minimum absolute atomic E-state index is 0.303. The Hall–Kier alpha value is -1.85. The van der Waals surface area contributed by atoms with Crippen LogP contribution in [0.1, 0.15) is 32.6 Å². The van der Waals surface area contributed by atoms with Crippen molar-refractivity contribution in [2.45, 2.75) is 32.6 Å². The van der Waals surface area contributed by atoms with E-state index in [1.165, 1.54) is 30.2 Å². The van der Waals surface area contributed by atoms with Crippen LogP contribution >= 0.6 is 0 Å². The summed E-state index contributed by atoms with van der Waals surface area (Å²) in [7, 11) is 0. The zero-order valence-corrected chi connectivity index (χ0v) is 10.4. The van der Waals surface area contributed by atoms with E-state index < -0.39 is 0 Å². The lowest BCUT2D eigenvalue weighted by Crippen LogP contribution is -2.36. The first-order valence-corrected chi connectivity index (χ1v) is 6.41. The summed E-state index contributed by atoms with van der Waals surface area (Å²) in [6, 6.07) is 3.64. The first-order chi connectivity index (χ1) is 8.72. The third kappa shape index (κ3) is 1.77. The lowest BCUT2D eigenvalue weighted by Gasteiger charge is -2.41. The Kier molecular flexibility index (Phi) is 2.57. The fraction of sp³-hybridized carbons (Fsp3) is 0.583. The van der Waals surface area contributed by atoms with E-state index in [1.807, 2.05) is 6.07 Å². The van der Waals surface area contributed by atoms with Crippen LogP contribution < -0.4 is 11.0 Å². The highest BCUT2D eigenvalue weighted by atomic mass is 16.2. The van der Waals surface area contributed by atoms with Gasteiger partial charge in [-0.25, -0.2) is 9.89 Å². The van der Waals surface area contributed by atoms with Gasteiger partial charge in [0.15, 0.2) is 5.65 Å². The van der Waals surface area contributed by atoms with Crippen LogP contribution in [-0.4, -0.2) is 26.4 Å². The third-order valence-corrected chi connectivity index (χ3v) is 4.08. The van der Waals surface area contributed by atoms with E-state index in [-0.39, 0.29) is 5.69 Å². The number of nitrogens with one attached hydrogen (secondary N) is 2. The molecule has 18 heavy (non-hydrogen) atoms. The summed E-state index contributed by atoms with van der Waals surface area (Å²) in [4.78, 5) is 11.4. The molecule has 1 saturated carbocycles. The van der Waals surface area contributed by atoms with Gasteiger partial charge in [-0.15, -0.1) is 5.10 Å². The maximum atomic E-state index is 11.4. The maximum Gasteiger partial charge on any atom is 0.364 e. The normalized spacial score (nSPS) is 17.6. The fourth-order valence-corrected chi connectivity index (χ4v) is 2.51. The van der Waals surface area contributed by atoms with Crippen molar-refractivity contribution in [3.63, 3.8) is 0 Å². The summed E-state index contributed by atoms with van der Waals surface area (Å²) in [5, 5.41) is 13.8. The van der Waals surface area contributed by atoms with E-state index in [9.17, 15) is 4.79 Å². The average molecular weight is 247 g/mol. The molecule has 1 aliphatic rings. The van der Waals surface area contributed by atoms with E-state index in [4.69, 9.17) is 0 Å². The topological polar surface area (TPSA) is 75.1 Å². The largest absolute Gasteiger partial charge is 0.368 e. The van der Waals surface area contributed by atoms with Gasteiger partial charge in [-0.3, -0.25) is 0 Å². The number of fused-ring (bicyclic) bond motifs is 1. The molecule has 0 amide bonds. The number of nitrogens with zero attached hydrogens (tertiary/aromatic N) is 3. The van der Waals surface area contributed by atoms with Crippen molar-refractivity contribution in [2.75, 3.05) is 11.9 Å². The van der Waals surface area contributed by atoms with Crippen molar-refractivity contribution in [1.82, 2.24) is 19.8 Å². The Morgan fingerprint density at radius 3 is 3.00 bits per heavy atom. The van der Waals surface area contributed by atoms with Crippen LogP contribution in [0, 0.1) is 5.41 Å². The van der Waals surface area contributed by atoms with Crippen molar-refractivity contribution in [1.29, 1.82) is 0 Å². The van der Waals surface area contributed by atoms with Gasteiger partial charge in [0.05, 0.1) is 0 Å². The average Bonchev–Trinajstić information content (AvgIpc) is 2.70. The molecule has 2 aromatic heterocycles. The molecule has 6 heteroatoms. The molecule has 0 saturated heterocycles. The summed E-state index contributed by atoms with van der Waals surface area (Å²) < 4.78 is 1.28. The summed E-state index contributed by atoms with van der Waals surface area (Å²) in [5.41, 5.74) is 0.666. The Morgan fingerprint density at radius 2 is 2.33 bits per heavy atom. The highest BCUT2D eigenvalue weighted by Crippen LogP contribution is 2.43. The number of rotatable bonds is 4. The molecule has 0 aromatic carbocycles. The Labute approximate surface area is 104 Å². The van der Waals surface area contributed by atoms with Crippen LogP contribution in [0.25, 0.3) is 5.65 Å². The summed E-state index contributed by atoms with van der Waals surface area (Å²) in [6.45, 7) is 3.16. The molecule has 0 atom stereocenters. The maximum absolute atomic E-state index is 11.4. The molecule has 1 fully saturated rings. The van der Waals surface area contributed by atoms with Gasteiger partial charge in [-0.1, -0.05) is 13.3 Å². The first-order valence-electron chi connectivity index (χ1n) is 6.41. The molecule has 3 rings (SSSR count). The van der Waals surface area contributed by atoms with Crippen molar-refractivity contribution >= 4 is 11.5 Å². The lowest BCUT2D eigenvalue weighted by atomic mass is 9.67. The van der Waals surface area contributed by atoms with Gasteiger partial charge in [0.25, 0.3) is 0 Å². The summed E-state index contributed by atoms with van der Waals surface area (Å²) in [5.74, 6) is 0.728. The second-order valence-electron chi connectivity index (χ2n) is 5.08. The monoisotopic (exact) mass is 247 g/mol. The number of aromatic amines is 1. The Balaban J connectivity index is 1.78. The minimum atomic E-state index is -0.303. The molecule has 0 spiro atoms. The van der Waals surface area contributed by atoms with Crippen molar-refractivity contribution in [2.24, 2.45) is 5.41 Å². The van der Waals surface area contributed by atoms with E-state index in [2.05, 4.69) is 27.5 Å². The molecule has 2 heterocycles. The lowest BCUT2D eigenvalue weighted by molar-refractivity contribution is 0.145. The van der Waals surface area contributed by atoms with E-state index >= 15 is 0 Å². The van der Waals surface area contributed by atoms with Crippen LogP contribution in [0.2, 0.25) is 0 Å². The molecule has 2 N–H and O–H groups in total. The number of anilines is 1. The number of hydrogen-bond acceptors (Lipinski definition) is 4. The minimum Gasteiger partial charge on any atom is -0.368 e. The van der Waals surface area contributed by atoms with Gasteiger partial charge < -0.3 is 5.32 Å². The molecule has 1 aliphatic carbocycles. The molecule has 6 nitrogen and oxygen atoms in total. The van der Waals surface area contributed by atoms with Crippen LogP contribution in [0.15, 0.2) is 16.9 Å². The van der Waals surface area contributed by atoms with Crippen molar-refractivity contribution in [3.8, 4) is 0 Å². The van der Waals surface area contributed by atoms with Crippen LogP contribution in [0.4, 0.5) is 5.82 Å². The number of H-pyrrole nitrogens is 1. The molecule has 0 aliphatic heterocycles. The zero-order valence-electron chi connectivity index (χ0n) is 10.4. The molecular weight excluding hydrogens is 230 g/mol. The second kappa shape index (κ2) is 4.12. The van der Waals surface area contributed by atoms with Gasteiger partial charge in [0, 0.05) is 6.54 Å². The molecule has 96 valence electrons. The number of aromatic nitrogens is 4.